The number of carbonyl (C=O) groups is 2. The van der Waals surface area contributed by atoms with Crippen LogP contribution < -0.4 is 15.5 Å². The highest BCUT2D eigenvalue weighted by Gasteiger charge is 2.26. The van der Waals surface area contributed by atoms with Crippen molar-refractivity contribution in [3.63, 3.8) is 0 Å². The van der Waals surface area contributed by atoms with Gasteiger partial charge in [0.15, 0.2) is 0 Å². The van der Waals surface area contributed by atoms with Crippen LogP contribution in [-0.4, -0.2) is 54.1 Å². The highest BCUT2D eigenvalue weighted by atomic mass is 35.5. The Morgan fingerprint density at radius 2 is 1.97 bits per heavy atom. The van der Waals surface area contributed by atoms with Crippen LogP contribution in [0.5, 0.6) is 0 Å². The Labute approximate surface area is 196 Å². The molecule has 2 heterocycles. The number of nitro groups is 1. The molecule has 1 aromatic carbocycles. The number of hydrogen-bond donors (Lipinski definition) is 2. The molecule has 1 atom stereocenters. The molecule has 10 nitrogen and oxygen atoms in total. The van der Waals surface area contributed by atoms with E-state index in [4.69, 9.17) is 16.3 Å². The molecule has 3 rings (SSSR count). The molecule has 1 aliphatic rings. The standard InChI is InChI=1S/C22H26ClN5O5/c1-14(2)20(26-21(29)17-5-4-16(28(31)32)11-18(17)23)22(30)25-13-15-3-6-19(24-12-15)27-7-9-33-10-8-27/h3-6,11-12,14,20H,7-10,13H2,1-2H3,(H,25,30)(H,26,29). The van der Waals surface area contributed by atoms with E-state index in [1.165, 1.54) is 12.1 Å². The minimum atomic E-state index is -0.815. The van der Waals surface area contributed by atoms with Gasteiger partial charge in [-0.3, -0.25) is 19.7 Å². The summed E-state index contributed by atoms with van der Waals surface area (Å²) in [5.74, 6) is -0.276. The van der Waals surface area contributed by atoms with Crippen LogP contribution in [0.1, 0.15) is 29.8 Å². The van der Waals surface area contributed by atoms with Gasteiger partial charge in [0.2, 0.25) is 5.91 Å². The van der Waals surface area contributed by atoms with Gasteiger partial charge in [0.1, 0.15) is 11.9 Å². The molecule has 2 aromatic rings. The highest BCUT2D eigenvalue weighted by Crippen LogP contribution is 2.22. The van der Waals surface area contributed by atoms with Gasteiger partial charge < -0.3 is 20.3 Å². The fourth-order valence-electron chi connectivity index (χ4n) is 3.36. The number of amides is 2. The second-order valence-corrected chi connectivity index (χ2v) is 8.37. The Hall–Kier alpha value is -3.24. The second kappa shape index (κ2) is 11.1. The normalized spacial score (nSPS) is 14.6. The average molecular weight is 476 g/mol. The van der Waals surface area contributed by atoms with Gasteiger partial charge in [-0.2, -0.15) is 0 Å². The van der Waals surface area contributed by atoms with Crippen LogP contribution in [0, 0.1) is 16.0 Å². The van der Waals surface area contributed by atoms with Crippen LogP contribution in [0.25, 0.3) is 0 Å². The van der Waals surface area contributed by atoms with Crippen molar-refractivity contribution in [1.82, 2.24) is 15.6 Å². The largest absolute Gasteiger partial charge is 0.378 e. The number of halogens is 1. The van der Waals surface area contributed by atoms with Crippen LogP contribution in [0.2, 0.25) is 5.02 Å². The molecule has 0 radical (unpaired) electrons. The van der Waals surface area contributed by atoms with E-state index >= 15 is 0 Å². The average Bonchev–Trinajstić information content (AvgIpc) is 2.81. The lowest BCUT2D eigenvalue weighted by molar-refractivity contribution is -0.384. The fraction of sp³-hybridized carbons (Fsp3) is 0.409. The Morgan fingerprint density at radius 3 is 2.55 bits per heavy atom. The summed E-state index contributed by atoms with van der Waals surface area (Å²) < 4.78 is 5.35. The van der Waals surface area contributed by atoms with Gasteiger partial charge in [0, 0.05) is 38.0 Å². The number of nitrogens with one attached hydrogen (secondary N) is 2. The maximum Gasteiger partial charge on any atom is 0.270 e. The Bertz CT molecular complexity index is 1010. The first-order chi connectivity index (χ1) is 15.8. The lowest BCUT2D eigenvalue weighted by Crippen LogP contribution is -2.49. The van der Waals surface area contributed by atoms with Gasteiger partial charge in [-0.05, 0) is 23.6 Å². The van der Waals surface area contributed by atoms with Gasteiger partial charge in [0.25, 0.3) is 11.6 Å². The molecule has 2 N–H and O–H groups in total. The fourth-order valence-corrected chi connectivity index (χ4v) is 3.62. The summed E-state index contributed by atoms with van der Waals surface area (Å²) >= 11 is 6.04. The van der Waals surface area contributed by atoms with Crippen LogP contribution in [0.4, 0.5) is 11.5 Å². The SMILES string of the molecule is CC(C)C(NC(=O)c1ccc([N+](=O)[O-])cc1Cl)C(=O)NCc1ccc(N2CCOCC2)nc1. The van der Waals surface area contributed by atoms with E-state index in [0.717, 1.165) is 30.5 Å². The molecule has 0 aliphatic carbocycles. The summed E-state index contributed by atoms with van der Waals surface area (Å²) in [5, 5.41) is 16.3. The van der Waals surface area contributed by atoms with Gasteiger partial charge in [-0.15, -0.1) is 0 Å². The van der Waals surface area contributed by atoms with Crippen molar-refractivity contribution >= 4 is 34.9 Å². The first-order valence-corrected chi connectivity index (χ1v) is 10.9. The maximum absolute atomic E-state index is 12.8. The number of morpholine rings is 1. The van der Waals surface area contributed by atoms with E-state index in [1.807, 2.05) is 12.1 Å². The topological polar surface area (TPSA) is 127 Å². The van der Waals surface area contributed by atoms with Gasteiger partial charge in [-0.1, -0.05) is 31.5 Å². The number of rotatable bonds is 8. The van der Waals surface area contributed by atoms with E-state index in [-0.39, 0.29) is 34.6 Å². The molecule has 176 valence electrons. The summed E-state index contributed by atoms with van der Waals surface area (Å²) in [6.07, 6.45) is 1.71. The predicted octanol–water partition coefficient (Wildman–Crippen LogP) is 2.55. The number of pyridine rings is 1. The van der Waals surface area contributed by atoms with Crippen molar-refractivity contribution in [3.8, 4) is 0 Å². The smallest absolute Gasteiger partial charge is 0.270 e. The minimum absolute atomic E-state index is 0.0589. The maximum atomic E-state index is 12.8. The van der Waals surface area contributed by atoms with Crippen LogP contribution in [-0.2, 0) is 16.1 Å². The van der Waals surface area contributed by atoms with Crippen molar-refractivity contribution in [2.45, 2.75) is 26.4 Å². The van der Waals surface area contributed by atoms with Crippen molar-refractivity contribution in [3.05, 3.63) is 62.8 Å². The van der Waals surface area contributed by atoms with Crippen LogP contribution in [0.3, 0.4) is 0 Å². The molecule has 11 heteroatoms. The number of anilines is 1. The number of non-ortho nitro benzene ring substituents is 1. The second-order valence-electron chi connectivity index (χ2n) is 7.96. The zero-order valence-corrected chi connectivity index (χ0v) is 19.2. The predicted molar refractivity (Wildman–Crippen MR) is 123 cm³/mol. The number of benzene rings is 1. The number of nitro benzene ring substituents is 1. The molecule has 1 aliphatic heterocycles. The first-order valence-electron chi connectivity index (χ1n) is 10.6. The number of aromatic nitrogens is 1. The lowest BCUT2D eigenvalue weighted by Gasteiger charge is -2.27. The monoisotopic (exact) mass is 475 g/mol. The van der Waals surface area contributed by atoms with Gasteiger partial charge >= 0.3 is 0 Å². The molecule has 2 amide bonds. The Balaban J connectivity index is 1.59. The first kappa shape index (κ1) is 24.4. The molecule has 33 heavy (non-hydrogen) atoms. The number of carbonyl (C=O) groups excluding carboxylic acids is 2. The molecule has 1 saturated heterocycles. The summed E-state index contributed by atoms with van der Waals surface area (Å²) in [6.45, 7) is 6.79. The van der Waals surface area contributed by atoms with Crippen LogP contribution in [0.15, 0.2) is 36.5 Å². The molecular formula is C22H26ClN5O5. The zero-order valence-electron chi connectivity index (χ0n) is 18.4. The summed E-state index contributed by atoms with van der Waals surface area (Å²) in [6, 6.07) is 6.56. The lowest BCUT2D eigenvalue weighted by atomic mass is 10.0. The molecule has 0 saturated carbocycles. The van der Waals surface area contributed by atoms with Crippen LogP contribution >= 0.6 is 11.6 Å². The van der Waals surface area contributed by atoms with E-state index in [0.29, 0.717) is 13.2 Å². The third-order valence-electron chi connectivity index (χ3n) is 5.25. The minimum Gasteiger partial charge on any atom is -0.378 e. The van der Waals surface area contributed by atoms with Crippen molar-refractivity contribution in [2.75, 3.05) is 31.2 Å². The summed E-state index contributed by atoms with van der Waals surface area (Å²) in [7, 11) is 0. The van der Waals surface area contributed by atoms with E-state index < -0.39 is 16.9 Å². The van der Waals surface area contributed by atoms with Crippen molar-refractivity contribution in [1.29, 1.82) is 0 Å². The zero-order chi connectivity index (χ0) is 24.0. The number of ether oxygens (including phenoxy) is 1. The molecule has 0 bridgehead atoms. The van der Waals surface area contributed by atoms with Crippen molar-refractivity contribution < 1.29 is 19.2 Å². The van der Waals surface area contributed by atoms with E-state index in [1.54, 1.807) is 20.0 Å². The Kier molecular flexibility index (Phi) is 8.18. The molecular weight excluding hydrogens is 450 g/mol. The summed E-state index contributed by atoms with van der Waals surface area (Å²) in [5.41, 5.74) is 0.666. The third-order valence-corrected chi connectivity index (χ3v) is 5.57. The van der Waals surface area contributed by atoms with E-state index in [9.17, 15) is 19.7 Å². The third kappa shape index (κ3) is 6.39. The highest BCUT2D eigenvalue weighted by molar-refractivity contribution is 6.34. The molecule has 0 spiro atoms. The Morgan fingerprint density at radius 1 is 1.24 bits per heavy atom. The van der Waals surface area contributed by atoms with Gasteiger partial charge in [-0.25, -0.2) is 4.98 Å². The summed E-state index contributed by atoms with van der Waals surface area (Å²) in [4.78, 5) is 42.3. The van der Waals surface area contributed by atoms with E-state index in [2.05, 4.69) is 20.5 Å². The number of hydrogen-bond acceptors (Lipinski definition) is 7. The quantitative estimate of drug-likeness (QED) is 0.443. The number of nitrogens with zero attached hydrogens (tertiary/aromatic N) is 3. The van der Waals surface area contributed by atoms with Crippen molar-refractivity contribution in [2.24, 2.45) is 5.92 Å². The molecule has 1 unspecified atom stereocenters. The van der Waals surface area contributed by atoms with Gasteiger partial charge in [0.05, 0.1) is 28.7 Å². The molecule has 1 aromatic heterocycles. The molecule has 1 fully saturated rings.